The maximum absolute atomic E-state index is 12.8. The van der Waals surface area contributed by atoms with Gasteiger partial charge in [-0.2, -0.15) is 0 Å². The Morgan fingerprint density at radius 1 is 1.47 bits per heavy atom. The Hall–Kier alpha value is -1.46. The van der Waals surface area contributed by atoms with E-state index in [0.717, 1.165) is 5.56 Å². The van der Waals surface area contributed by atoms with Crippen molar-refractivity contribution in [3.05, 3.63) is 35.6 Å². The van der Waals surface area contributed by atoms with Gasteiger partial charge in [0.25, 0.3) is 0 Å². The Kier molecular flexibility index (Phi) is 5.59. The molecule has 0 aromatic heterocycles. The van der Waals surface area contributed by atoms with Gasteiger partial charge >= 0.3 is 5.97 Å². The minimum atomic E-state index is -0.899. The third-order valence-corrected chi connectivity index (χ3v) is 2.35. The van der Waals surface area contributed by atoms with Crippen LogP contribution in [0, 0.1) is 5.82 Å². The highest BCUT2D eigenvalue weighted by molar-refractivity contribution is 5.67. The first-order valence-electron chi connectivity index (χ1n) is 5.33. The highest BCUT2D eigenvalue weighted by atomic mass is 19.1. The number of hydrogen-bond acceptors (Lipinski definition) is 3. The first-order chi connectivity index (χ1) is 8.13. The molecule has 4 nitrogen and oxygen atoms in total. The lowest BCUT2D eigenvalue weighted by Gasteiger charge is -2.17. The molecule has 94 valence electrons. The molecule has 0 aliphatic heterocycles. The number of rotatable bonds is 7. The molecule has 1 aromatic rings. The molecule has 0 bridgehead atoms. The van der Waals surface area contributed by atoms with E-state index in [9.17, 15) is 9.18 Å². The van der Waals surface area contributed by atoms with Crippen LogP contribution in [0.1, 0.15) is 18.0 Å². The number of methoxy groups -OCH3 is 1. The normalized spacial score (nSPS) is 12.4. The third-order valence-electron chi connectivity index (χ3n) is 2.35. The van der Waals surface area contributed by atoms with Gasteiger partial charge < -0.3 is 15.2 Å². The van der Waals surface area contributed by atoms with Gasteiger partial charge in [-0.25, -0.2) is 4.39 Å². The van der Waals surface area contributed by atoms with Crippen LogP contribution in [0.15, 0.2) is 24.3 Å². The largest absolute Gasteiger partial charge is 0.481 e. The van der Waals surface area contributed by atoms with Crippen LogP contribution in [0.25, 0.3) is 0 Å². The zero-order valence-electron chi connectivity index (χ0n) is 9.65. The summed E-state index contributed by atoms with van der Waals surface area (Å²) in [4.78, 5) is 10.7. The minimum Gasteiger partial charge on any atom is -0.481 e. The molecule has 0 aliphatic carbocycles. The van der Waals surface area contributed by atoms with Gasteiger partial charge in [-0.15, -0.1) is 0 Å². The summed E-state index contributed by atoms with van der Waals surface area (Å²) in [6.45, 7) is 1.04. The number of carboxylic acid groups (broad SMARTS) is 1. The summed E-state index contributed by atoms with van der Waals surface area (Å²) >= 11 is 0. The topological polar surface area (TPSA) is 58.6 Å². The quantitative estimate of drug-likeness (QED) is 0.711. The van der Waals surface area contributed by atoms with E-state index in [1.807, 2.05) is 0 Å². The van der Waals surface area contributed by atoms with Crippen LogP contribution < -0.4 is 5.32 Å². The van der Waals surface area contributed by atoms with Gasteiger partial charge in [0.15, 0.2) is 0 Å². The van der Waals surface area contributed by atoms with Crippen molar-refractivity contribution < 1.29 is 19.0 Å². The van der Waals surface area contributed by atoms with E-state index in [-0.39, 0.29) is 18.3 Å². The van der Waals surface area contributed by atoms with Gasteiger partial charge in [0, 0.05) is 19.7 Å². The highest BCUT2D eigenvalue weighted by Gasteiger charge is 2.14. The fourth-order valence-electron chi connectivity index (χ4n) is 1.51. The second kappa shape index (κ2) is 6.98. The number of benzene rings is 1. The monoisotopic (exact) mass is 241 g/mol. The molecule has 0 radical (unpaired) electrons. The van der Waals surface area contributed by atoms with Crippen molar-refractivity contribution >= 4 is 5.97 Å². The summed E-state index contributed by atoms with van der Waals surface area (Å²) < 4.78 is 17.6. The maximum Gasteiger partial charge on any atom is 0.305 e. The minimum absolute atomic E-state index is 0.0463. The number of halogens is 1. The average Bonchev–Trinajstić information content (AvgIpc) is 2.28. The molecule has 1 aromatic carbocycles. The fourth-order valence-corrected chi connectivity index (χ4v) is 1.51. The first kappa shape index (κ1) is 13.6. The van der Waals surface area contributed by atoms with Crippen molar-refractivity contribution in [3.8, 4) is 0 Å². The molecule has 0 amide bonds. The van der Waals surface area contributed by atoms with Gasteiger partial charge in [-0.1, -0.05) is 12.1 Å². The van der Waals surface area contributed by atoms with Crippen LogP contribution in [0.5, 0.6) is 0 Å². The molecule has 0 spiro atoms. The van der Waals surface area contributed by atoms with Crippen LogP contribution in [0.4, 0.5) is 4.39 Å². The molecular formula is C12H16FNO3. The van der Waals surface area contributed by atoms with E-state index in [1.54, 1.807) is 19.2 Å². The van der Waals surface area contributed by atoms with Crippen molar-refractivity contribution in [2.24, 2.45) is 0 Å². The van der Waals surface area contributed by atoms with Crippen molar-refractivity contribution in [2.45, 2.75) is 12.5 Å². The molecule has 17 heavy (non-hydrogen) atoms. The second-order valence-electron chi connectivity index (χ2n) is 3.65. The van der Waals surface area contributed by atoms with Crippen LogP contribution in [-0.4, -0.2) is 31.3 Å². The molecule has 0 fully saturated rings. The summed E-state index contributed by atoms with van der Waals surface area (Å²) in [5.74, 6) is -1.23. The summed E-state index contributed by atoms with van der Waals surface area (Å²) in [7, 11) is 1.58. The Morgan fingerprint density at radius 3 is 2.65 bits per heavy atom. The molecule has 5 heteroatoms. The lowest BCUT2D eigenvalue weighted by atomic mass is 10.0. The van der Waals surface area contributed by atoms with E-state index in [4.69, 9.17) is 9.84 Å². The maximum atomic E-state index is 12.8. The average molecular weight is 241 g/mol. The van der Waals surface area contributed by atoms with E-state index in [1.165, 1.54) is 12.1 Å². The van der Waals surface area contributed by atoms with Gasteiger partial charge in [0.2, 0.25) is 0 Å². The van der Waals surface area contributed by atoms with Gasteiger partial charge in [0.1, 0.15) is 5.82 Å². The number of ether oxygens (including phenoxy) is 1. The lowest BCUT2D eigenvalue weighted by Crippen LogP contribution is -2.27. The molecule has 0 aliphatic rings. The van der Waals surface area contributed by atoms with Gasteiger partial charge in [0.05, 0.1) is 13.0 Å². The van der Waals surface area contributed by atoms with E-state index >= 15 is 0 Å². The molecular weight excluding hydrogens is 225 g/mol. The lowest BCUT2D eigenvalue weighted by molar-refractivity contribution is -0.137. The zero-order chi connectivity index (χ0) is 12.7. The standard InChI is InChI=1S/C12H16FNO3/c1-17-7-6-14-11(8-12(15)16)9-2-4-10(13)5-3-9/h2-5,11,14H,6-8H2,1H3,(H,15,16)/t11-/m1/s1. The number of aliphatic carboxylic acids is 1. The van der Waals surface area contributed by atoms with Crippen molar-refractivity contribution in [1.29, 1.82) is 0 Å². The van der Waals surface area contributed by atoms with E-state index in [2.05, 4.69) is 5.32 Å². The molecule has 0 unspecified atom stereocenters. The summed E-state index contributed by atoms with van der Waals surface area (Å²) in [5, 5.41) is 11.9. The third kappa shape index (κ3) is 4.93. The number of hydrogen-bond donors (Lipinski definition) is 2. The smallest absolute Gasteiger partial charge is 0.305 e. The number of nitrogens with one attached hydrogen (secondary N) is 1. The molecule has 1 rings (SSSR count). The molecule has 0 saturated carbocycles. The predicted octanol–water partition coefficient (Wildman–Crippen LogP) is 1.58. The highest BCUT2D eigenvalue weighted by Crippen LogP contribution is 2.17. The molecule has 0 saturated heterocycles. The van der Waals surface area contributed by atoms with E-state index < -0.39 is 5.97 Å². The Labute approximate surface area is 99.4 Å². The zero-order valence-corrected chi connectivity index (χ0v) is 9.65. The Balaban J connectivity index is 2.67. The van der Waals surface area contributed by atoms with Crippen LogP contribution in [0.2, 0.25) is 0 Å². The molecule has 0 heterocycles. The summed E-state index contributed by atoms with van der Waals surface area (Å²) in [6, 6.07) is 5.49. The van der Waals surface area contributed by atoms with Gasteiger partial charge in [-0.3, -0.25) is 4.79 Å². The number of carboxylic acids is 1. The van der Waals surface area contributed by atoms with Crippen LogP contribution in [-0.2, 0) is 9.53 Å². The summed E-state index contributed by atoms with van der Waals surface area (Å²) in [6.07, 6.45) is -0.0463. The molecule has 1 atom stereocenters. The predicted molar refractivity (Wildman–Crippen MR) is 61.3 cm³/mol. The van der Waals surface area contributed by atoms with Crippen molar-refractivity contribution in [3.63, 3.8) is 0 Å². The Bertz CT molecular complexity index is 353. The Morgan fingerprint density at radius 2 is 2.12 bits per heavy atom. The molecule has 2 N–H and O–H groups in total. The van der Waals surface area contributed by atoms with E-state index in [0.29, 0.717) is 13.2 Å². The first-order valence-corrected chi connectivity index (χ1v) is 5.33. The number of carbonyl (C=O) groups is 1. The van der Waals surface area contributed by atoms with Crippen molar-refractivity contribution in [1.82, 2.24) is 5.32 Å². The van der Waals surface area contributed by atoms with Crippen LogP contribution >= 0.6 is 0 Å². The SMILES string of the molecule is COCCN[C@H](CC(=O)O)c1ccc(F)cc1. The van der Waals surface area contributed by atoms with Crippen molar-refractivity contribution in [2.75, 3.05) is 20.3 Å². The fraction of sp³-hybridized carbons (Fsp3) is 0.417. The van der Waals surface area contributed by atoms with Gasteiger partial charge in [-0.05, 0) is 17.7 Å². The van der Waals surface area contributed by atoms with Crippen LogP contribution in [0.3, 0.4) is 0 Å². The second-order valence-corrected chi connectivity index (χ2v) is 3.65. The summed E-state index contributed by atoms with van der Waals surface area (Å²) in [5.41, 5.74) is 0.755.